The highest BCUT2D eigenvalue weighted by atomic mass is 16.4. The standard InChI is InChI=1S/C15H14N2O2/c1-10-8-13(18)19-15-14(10)11(2)16-17(15)9-12-6-4-3-5-7-12/h3-8H,9H2,1-2H3. The lowest BCUT2D eigenvalue weighted by molar-refractivity contribution is 0.512. The lowest BCUT2D eigenvalue weighted by Gasteiger charge is -2.02. The summed E-state index contributed by atoms with van der Waals surface area (Å²) in [5.41, 5.74) is 3.12. The van der Waals surface area contributed by atoms with E-state index in [1.165, 1.54) is 6.07 Å². The Bertz CT molecular complexity index is 785. The van der Waals surface area contributed by atoms with Gasteiger partial charge in [0.2, 0.25) is 5.71 Å². The van der Waals surface area contributed by atoms with Crippen LogP contribution in [0.4, 0.5) is 0 Å². The monoisotopic (exact) mass is 254 g/mol. The van der Waals surface area contributed by atoms with Gasteiger partial charge in [-0.1, -0.05) is 30.3 Å². The molecule has 0 aliphatic rings. The van der Waals surface area contributed by atoms with Crippen LogP contribution in [0.5, 0.6) is 0 Å². The van der Waals surface area contributed by atoms with Crippen LogP contribution in [-0.4, -0.2) is 9.78 Å². The molecule has 0 atom stereocenters. The van der Waals surface area contributed by atoms with Crippen LogP contribution < -0.4 is 5.63 Å². The predicted octanol–water partition coefficient (Wildman–Crippen LogP) is 2.65. The van der Waals surface area contributed by atoms with Crippen LogP contribution in [0.1, 0.15) is 16.8 Å². The highest BCUT2D eigenvalue weighted by Crippen LogP contribution is 2.20. The van der Waals surface area contributed by atoms with E-state index in [4.69, 9.17) is 4.42 Å². The molecule has 4 heteroatoms. The molecule has 0 spiro atoms. The van der Waals surface area contributed by atoms with Crippen molar-refractivity contribution in [3.05, 3.63) is 63.6 Å². The van der Waals surface area contributed by atoms with E-state index >= 15 is 0 Å². The zero-order valence-electron chi connectivity index (χ0n) is 10.9. The maximum atomic E-state index is 11.5. The third-order valence-corrected chi connectivity index (χ3v) is 3.18. The molecule has 2 heterocycles. The fourth-order valence-corrected chi connectivity index (χ4v) is 2.36. The van der Waals surface area contributed by atoms with Crippen molar-refractivity contribution in [1.82, 2.24) is 9.78 Å². The summed E-state index contributed by atoms with van der Waals surface area (Å²) in [7, 11) is 0. The Hall–Kier alpha value is -2.36. The molecule has 0 radical (unpaired) electrons. The number of aromatic nitrogens is 2. The average molecular weight is 254 g/mol. The minimum absolute atomic E-state index is 0.334. The van der Waals surface area contributed by atoms with Gasteiger partial charge in [-0.3, -0.25) is 0 Å². The summed E-state index contributed by atoms with van der Waals surface area (Å²) in [6.07, 6.45) is 0. The molecular formula is C15H14N2O2. The average Bonchev–Trinajstić information content (AvgIpc) is 2.67. The molecule has 0 bridgehead atoms. The first-order chi connectivity index (χ1) is 9.15. The van der Waals surface area contributed by atoms with Crippen LogP contribution >= 0.6 is 0 Å². The highest BCUT2D eigenvalue weighted by molar-refractivity contribution is 5.80. The molecule has 3 aromatic rings. The minimum Gasteiger partial charge on any atom is -0.404 e. The summed E-state index contributed by atoms with van der Waals surface area (Å²) in [5, 5.41) is 5.40. The zero-order valence-corrected chi connectivity index (χ0v) is 10.9. The molecule has 96 valence electrons. The van der Waals surface area contributed by atoms with E-state index in [1.807, 2.05) is 44.2 Å². The normalized spacial score (nSPS) is 11.1. The maximum absolute atomic E-state index is 11.5. The largest absolute Gasteiger partial charge is 0.404 e. The summed E-state index contributed by atoms with van der Waals surface area (Å²) in [6, 6.07) is 11.5. The van der Waals surface area contributed by atoms with E-state index in [-0.39, 0.29) is 5.63 Å². The summed E-state index contributed by atoms with van der Waals surface area (Å²) in [6.45, 7) is 4.43. The topological polar surface area (TPSA) is 48.0 Å². The van der Waals surface area contributed by atoms with Gasteiger partial charge in [-0.05, 0) is 25.0 Å². The Kier molecular flexibility index (Phi) is 2.71. The second kappa shape index (κ2) is 4.39. The quantitative estimate of drug-likeness (QED) is 0.706. The van der Waals surface area contributed by atoms with Gasteiger partial charge in [0, 0.05) is 6.07 Å². The summed E-state index contributed by atoms with van der Waals surface area (Å²) in [5.74, 6) is 0. The Labute approximate surface area is 110 Å². The van der Waals surface area contributed by atoms with E-state index in [2.05, 4.69) is 5.10 Å². The molecule has 3 rings (SSSR count). The minimum atomic E-state index is -0.334. The second-order valence-electron chi connectivity index (χ2n) is 4.66. The zero-order chi connectivity index (χ0) is 13.4. The Morgan fingerprint density at radius 2 is 1.95 bits per heavy atom. The fourth-order valence-electron chi connectivity index (χ4n) is 2.36. The lowest BCUT2D eigenvalue weighted by atomic mass is 10.2. The maximum Gasteiger partial charge on any atom is 0.337 e. The molecule has 0 aliphatic heterocycles. The number of benzene rings is 1. The molecule has 4 nitrogen and oxygen atoms in total. The smallest absolute Gasteiger partial charge is 0.337 e. The van der Waals surface area contributed by atoms with Gasteiger partial charge < -0.3 is 4.42 Å². The second-order valence-corrected chi connectivity index (χ2v) is 4.66. The molecule has 19 heavy (non-hydrogen) atoms. The van der Waals surface area contributed by atoms with Crippen molar-refractivity contribution in [1.29, 1.82) is 0 Å². The van der Waals surface area contributed by atoms with Crippen LogP contribution in [0.3, 0.4) is 0 Å². The number of hydrogen-bond donors (Lipinski definition) is 0. The fraction of sp³-hybridized carbons (Fsp3) is 0.200. The summed E-state index contributed by atoms with van der Waals surface area (Å²) < 4.78 is 7.06. The van der Waals surface area contributed by atoms with Gasteiger partial charge in [-0.2, -0.15) is 5.10 Å². The van der Waals surface area contributed by atoms with Crippen LogP contribution in [0.25, 0.3) is 11.1 Å². The molecule has 0 amide bonds. The van der Waals surface area contributed by atoms with E-state index in [0.717, 1.165) is 22.2 Å². The lowest BCUT2D eigenvalue weighted by Crippen LogP contribution is -2.04. The van der Waals surface area contributed by atoms with Crippen molar-refractivity contribution in [2.24, 2.45) is 0 Å². The van der Waals surface area contributed by atoms with Gasteiger partial charge in [0.25, 0.3) is 0 Å². The van der Waals surface area contributed by atoms with Crippen molar-refractivity contribution in [2.45, 2.75) is 20.4 Å². The van der Waals surface area contributed by atoms with Gasteiger partial charge in [0.1, 0.15) is 0 Å². The van der Waals surface area contributed by atoms with Crippen molar-refractivity contribution in [3.8, 4) is 0 Å². The Morgan fingerprint density at radius 3 is 2.68 bits per heavy atom. The van der Waals surface area contributed by atoms with Crippen LogP contribution in [0.2, 0.25) is 0 Å². The number of hydrogen-bond acceptors (Lipinski definition) is 3. The van der Waals surface area contributed by atoms with Gasteiger partial charge in [-0.25, -0.2) is 9.48 Å². The molecule has 0 aliphatic carbocycles. The summed E-state index contributed by atoms with van der Waals surface area (Å²) >= 11 is 0. The number of nitrogens with zero attached hydrogens (tertiary/aromatic N) is 2. The van der Waals surface area contributed by atoms with Gasteiger partial charge in [-0.15, -0.1) is 0 Å². The Balaban J connectivity index is 2.17. The van der Waals surface area contributed by atoms with Crippen LogP contribution in [0.15, 0.2) is 45.6 Å². The molecule has 0 unspecified atom stereocenters. The van der Waals surface area contributed by atoms with Gasteiger partial charge >= 0.3 is 5.63 Å². The van der Waals surface area contributed by atoms with E-state index < -0.39 is 0 Å². The molecule has 0 saturated heterocycles. The molecule has 0 N–H and O–H groups in total. The molecule has 0 saturated carbocycles. The van der Waals surface area contributed by atoms with Gasteiger partial charge in [0.15, 0.2) is 0 Å². The highest BCUT2D eigenvalue weighted by Gasteiger charge is 2.13. The SMILES string of the molecule is Cc1cc(=O)oc2c1c(C)nn2Cc1ccccc1. The van der Waals surface area contributed by atoms with Crippen LogP contribution in [-0.2, 0) is 6.54 Å². The predicted molar refractivity (Wildman–Crippen MR) is 73.3 cm³/mol. The molecule has 2 aromatic heterocycles. The number of rotatable bonds is 2. The first-order valence-electron chi connectivity index (χ1n) is 6.17. The third kappa shape index (κ3) is 2.05. The van der Waals surface area contributed by atoms with Crippen molar-refractivity contribution in [2.75, 3.05) is 0 Å². The van der Waals surface area contributed by atoms with E-state index in [1.54, 1.807) is 4.68 Å². The van der Waals surface area contributed by atoms with Crippen molar-refractivity contribution >= 4 is 11.1 Å². The van der Waals surface area contributed by atoms with E-state index in [9.17, 15) is 4.79 Å². The van der Waals surface area contributed by atoms with Crippen molar-refractivity contribution < 1.29 is 4.42 Å². The Morgan fingerprint density at radius 1 is 1.21 bits per heavy atom. The number of aryl methyl sites for hydroxylation is 2. The van der Waals surface area contributed by atoms with E-state index in [0.29, 0.717) is 12.3 Å². The first-order valence-corrected chi connectivity index (χ1v) is 6.17. The van der Waals surface area contributed by atoms with Gasteiger partial charge in [0.05, 0.1) is 17.6 Å². The van der Waals surface area contributed by atoms with Crippen LogP contribution in [0, 0.1) is 13.8 Å². The summed E-state index contributed by atoms with van der Waals surface area (Å²) in [4.78, 5) is 11.5. The number of fused-ring (bicyclic) bond motifs is 1. The molecular weight excluding hydrogens is 240 g/mol. The molecule has 0 fully saturated rings. The molecule has 1 aromatic carbocycles. The van der Waals surface area contributed by atoms with Crippen molar-refractivity contribution in [3.63, 3.8) is 0 Å². The third-order valence-electron chi connectivity index (χ3n) is 3.18. The first kappa shape index (κ1) is 11.7.